The molecule has 0 aromatic rings. The van der Waals surface area contributed by atoms with E-state index in [1.165, 1.54) is 0 Å². The molecule has 0 bridgehead atoms. The first-order chi connectivity index (χ1) is 10.2. The summed E-state index contributed by atoms with van der Waals surface area (Å²) in [6.45, 7) is 4.38. The lowest BCUT2D eigenvalue weighted by Crippen LogP contribution is -2.32. The Morgan fingerprint density at radius 3 is 2.29 bits per heavy atom. The number of ether oxygens (including phenoxy) is 1. The van der Waals surface area contributed by atoms with Gasteiger partial charge in [-0.2, -0.15) is 0 Å². The number of hydrogen-bond donors (Lipinski definition) is 1. The van der Waals surface area contributed by atoms with Gasteiger partial charge in [0.2, 0.25) is 0 Å². The summed E-state index contributed by atoms with van der Waals surface area (Å²) in [6, 6.07) is 0. The van der Waals surface area contributed by atoms with Crippen molar-refractivity contribution in [1.82, 2.24) is 0 Å². The second-order valence-electron chi connectivity index (χ2n) is 5.39. The average molecular weight is 319 g/mol. The summed E-state index contributed by atoms with van der Waals surface area (Å²) in [7, 11) is -0.403. The fraction of sp³-hybridized carbons (Fsp3) is 0.933. The van der Waals surface area contributed by atoms with Gasteiger partial charge < -0.3 is 4.74 Å². The van der Waals surface area contributed by atoms with Crippen LogP contribution in [0, 0.1) is 5.92 Å². The number of unbranched alkanes of at least 4 members (excludes halogenated alkanes) is 5. The molecule has 0 aliphatic heterocycles. The summed E-state index contributed by atoms with van der Waals surface area (Å²) in [5, 5.41) is 0. The predicted octanol–water partition coefficient (Wildman–Crippen LogP) is 4.20. The van der Waals surface area contributed by atoms with Crippen molar-refractivity contribution in [2.75, 3.05) is 6.61 Å². The van der Waals surface area contributed by atoms with Gasteiger partial charge >= 0.3 is 14.7 Å². The van der Waals surface area contributed by atoms with E-state index in [2.05, 4.69) is 13.8 Å². The van der Waals surface area contributed by atoms with Gasteiger partial charge in [0.15, 0.2) is 6.23 Å². The number of hydrogen-bond acceptors (Lipinski definition) is 5. The molecule has 0 aliphatic rings. The zero-order chi connectivity index (χ0) is 15.9. The van der Waals surface area contributed by atoms with Crippen LogP contribution in [0.15, 0.2) is 0 Å². The molecule has 0 amide bonds. The van der Waals surface area contributed by atoms with Crippen LogP contribution in [0.25, 0.3) is 0 Å². The molecule has 0 aromatic carbocycles. The molecular weight excluding hydrogens is 289 g/mol. The van der Waals surface area contributed by atoms with Crippen LogP contribution >= 0.6 is 8.69 Å². The highest BCUT2D eigenvalue weighted by Crippen LogP contribution is 2.16. The van der Waals surface area contributed by atoms with Gasteiger partial charge in [0.25, 0.3) is 0 Å². The molecule has 2 atom stereocenters. The minimum Gasteiger partial charge on any atom is -0.447 e. The summed E-state index contributed by atoms with van der Waals surface area (Å²) in [6.07, 6.45) is 8.30. The lowest BCUT2D eigenvalue weighted by atomic mass is 10.0. The molecule has 0 rings (SSSR count). The van der Waals surface area contributed by atoms with Crippen LogP contribution in [-0.4, -0.2) is 18.8 Å². The molecule has 0 saturated heterocycles. The maximum atomic E-state index is 12.1. The van der Waals surface area contributed by atoms with E-state index in [0.29, 0.717) is 12.8 Å². The summed E-state index contributed by atoms with van der Waals surface area (Å²) in [4.78, 5) is 12.1. The van der Waals surface area contributed by atoms with Gasteiger partial charge in [-0.3, -0.25) is 15.1 Å². The van der Waals surface area contributed by atoms with Crippen molar-refractivity contribution in [3.05, 3.63) is 0 Å². The van der Waals surface area contributed by atoms with Crippen LogP contribution in [0.3, 0.4) is 0 Å². The van der Waals surface area contributed by atoms with Crippen molar-refractivity contribution in [3.8, 4) is 0 Å². The highest BCUT2D eigenvalue weighted by Gasteiger charge is 2.22. The Morgan fingerprint density at radius 1 is 1.05 bits per heavy atom. The Labute approximate surface area is 130 Å². The van der Waals surface area contributed by atoms with Gasteiger partial charge in [0.05, 0.1) is 12.5 Å². The molecule has 0 aliphatic carbocycles. The van der Waals surface area contributed by atoms with E-state index < -0.39 is 14.9 Å². The van der Waals surface area contributed by atoms with Crippen LogP contribution in [0.2, 0.25) is 0 Å². The molecule has 0 spiro atoms. The Bertz CT molecular complexity index is 276. The Balaban J connectivity index is 4.12. The topological polar surface area (TPSA) is 78.6 Å². The van der Waals surface area contributed by atoms with Crippen LogP contribution in [0.5, 0.6) is 0 Å². The normalized spacial score (nSPS) is 14.0. The molecule has 0 aromatic heterocycles. The molecule has 6 heteroatoms. The first-order valence-corrected chi connectivity index (χ1v) is 8.79. The van der Waals surface area contributed by atoms with Gasteiger partial charge in [-0.1, -0.05) is 52.4 Å². The molecule has 0 fully saturated rings. The van der Waals surface area contributed by atoms with E-state index in [4.69, 9.17) is 15.0 Å². The Kier molecular flexibility index (Phi) is 14.1. The molecular formula is C15H30NO4P. The molecule has 0 heterocycles. The van der Waals surface area contributed by atoms with Crippen molar-refractivity contribution in [1.29, 1.82) is 0 Å². The fourth-order valence-electron chi connectivity index (χ4n) is 2.11. The highest BCUT2D eigenvalue weighted by molar-refractivity contribution is 7.17. The third kappa shape index (κ3) is 11.8. The van der Waals surface area contributed by atoms with Crippen molar-refractivity contribution in [2.24, 2.45) is 11.7 Å². The Hall–Kier alpha value is -0.510. The van der Waals surface area contributed by atoms with E-state index in [1.807, 2.05) is 0 Å². The van der Waals surface area contributed by atoms with Crippen molar-refractivity contribution in [3.63, 3.8) is 0 Å². The van der Waals surface area contributed by atoms with Gasteiger partial charge in [-0.25, -0.2) is 4.57 Å². The average Bonchev–Trinajstić information content (AvgIpc) is 2.46. The molecule has 2 N–H and O–H groups in total. The molecule has 2 unspecified atom stereocenters. The SMILES string of the molecule is CCCCCCC(COP=O)C(=O)OC(N)CCCCC. The summed E-state index contributed by atoms with van der Waals surface area (Å²) in [5.41, 5.74) is 5.81. The molecule has 124 valence electrons. The number of esters is 1. The van der Waals surface area contributed by atoms with Crippen LogP contribution in [-0.2, 0) is 18.6 Å². The van der Waals surface area contributed by atoms with Gasteiger partial charge in [-0.15, -0.1) is 0 Å². The lowest BCUT2D eigenvalue weighted by molar-refractivity contribution is -0.155. The molecule has 21 heavy (non-hydrogen) atoms. The lowest BCUT2D eigenvalue weighted by Gasteiger charge is -2.18. The maximum Gasteiger partial charge on any atom is 0.327 e. The minimum absolute atomic E-state index is 0.123. The van der Waals surface area contributed by atoms with E-state index in [-0.39, 0.29) is 18.5 Å². The second-order valence-corrected chi connectivity index (χ2v) is 5.79. The molecule has 0 radical (unpaired) electrons. The summed E-state index contributed by atoms with van der Waals surface area (Å²) >= 11 is 0. The van der Waals surface area contributed by atoms with E-state index in [0.717, 1.165) is 44.9 Å². The largest absolute Gasteiger partial charge is 0.447 e. The minimum atomic E-state index is -0.549. The standard InChI is InChI=1S/C15H30NO4P/c1-3-5-7-9-10-13(12-19-21-18)15(17)20-14(16)11-8-6-4-2/h13-14H,3-12,16H2,1-2H3. The highest BCUT2D eigenvalue weighted by atomic mass is 31.1. The zero-order valence-corrected chi connectivity index (χ0v) is 14.3. The van der Waals surface area contributed by atoms with Crippen LogP contribution in [0.1, 0.15) is 71.6 Å². The van der Waals surface area contributed by atoms with Gasteiger partial charge in [0, 0.05) is 0 Å². The number of carbonyl (C=O) groups is 1. The van der Waals surface area contributed by atoms with Crippen molar-refractivity contribution >= 4 is 14.7 Å². The van der Waals surface area contributed by atoms with Crippen molar-refractivity contribution < 1.29 is 18.6 Å². The maximum absolute atomic E-state index is 12.1. The summed E-state index contributed by atoms with van der Waals surface area (Å²) < 4.78 is 20.5. The number of rotatable bonds is 14. The third-order valence-corrected chi connectivity index (χ3v) is 3.68. The molecule has 5 nitrogen and oxygen atoms in total. The van der Waals surface area contributed by atoms with Gasteiger partial charge in [-0.05, 0) is 19.3 Å². The number of carbonyl (C=O) groups excluding carboxylic acids is 1. The fourth-order valence-corrected chi connectivity index (χ4v) is 2.35. The van der Waals surface area contributed by atoms with E-state index >= 15 is 0 Å². The second kappa shape index (κ2) is 14.4. The first kappa shape index (κ1) is 20.5. The van der Waals surface area contributed by atoms with Gasteiger partial charge in [0.1, 0.15) is 0 Å². The van der Waals surface area contributed by atoms with E-state index in [9.17, 15) is 9.36 Å². The smallest absolute Gasteiger partial charge is 0.327 e. The number of nitrogens with two attached hydrogens (primary N) is 1. The Morgan fingerprint density at radius 2 is 1.67 bits per heavy atom. The zero-order valence-electron chi connectivity index (χ0n) is 13.4. The van der Waals surface area contributed by atoms with Crippen LogP contribution < -0.4 is 5.73 Å². The third-order valence-electron chi connectivity index (χ3n) is 3.43. The summed E-state index contributed by atoms with van der Waals surface area (Å²) in [5.74, 6) is -0.709. The monoisotopic (exact) mass is 319 g/mol. The molecule has 0 saturated carbocycles. The van der Waals surface area contributed by atoms with Crippen LogP contribution in [0.4, 0.5) is 0 Å². The van der Waals surface area contributed by atoms with Crippen molar-refractivity contribution in [2.45, 2.75) is 77.9 Å². The quantitative estimate of drug-likeness (QED) is 0.225. The first-order valence-electron chi connectivity index (χ1n) is 8.06. The predicted molar refractivity (Wildman–Crippen MR) is 84.0 cm³/mol. The van der Waals surface area contributed by atoms with E-state index in [1.54, 1.807) is 0 Å².